The minimum Gasteiger partial charge on any atom is -0.497 e. The molecule has 0 radical (unpaired) electrons. The third kappa shape index (κ3) is 5.53. The topological polar surface area (TPSA) is 75.7 Å². The normalized spacial score (nSPS) is 11.1. The van der Waals surface area contributed by atoms with Gasteiger partial charge in [-0.2, -0.15) is 0 Å². The van der Waals surface area contributed by atoms with Gasteiger partial charge in [0.05, 0.1) is 29.8 Å². The predicted octanol–water partition coefficient (Wildman–Crippen LogP) is 6.30. The van der Waals surface area contributed by atoms with E-state index in [1.807, 2.05) is 37.3 Å². The summed E-state index contributed by atoms with van der Waals surface area (Å²) in [5.41, 5.74) is 2.65. The number of aryl methyl sites for hydroxylation is 1. The molecule has 0 aliphatic carbocycles. The average molecular weight is 521 g/mol. The van der Waals surface area contributed by atoms with Crippen LogP contribution in [-0.2, 0) is 16.6 Å². The highest BCUT2D eigenvalue weighted by Crippen LogP contribution is 2.31. The summed E-state index contributed by atoms with van der Waals surface area (Å²) in [5, 5.41) is 3.44. The number of para-hydroxylation sites is 1. The number of anilines is 2. The van der Waals surface area contributed by atoms with Crippen LogP contribution in [0.2, 0.25) is 5.02 Å². The maximum absolute atomic E-state index is 13.9. The van der Waals surface area contributed by atoms with E-state index in [9.17, 15) is 13.2 Å². The van der Waals surface area contributed by atoms with Crippen molar-refractivity contribution in [3.05, 3.63) is 119 Å². The lowest BCUT2D eigenvalue weighted by Gasteiger charge is -2.27. The molecule has 0 atom stereocenters. The lowest BCUT2D eigenvalue weighted by molar-refractivity contribution is 0.102. The molecular formula is C28H25ClN2O4S. The maximum Gasteiger partial charge on any atom is 0.264 e. The van der Waals surface area contributed by atoms with Crippen LogP contribution in [-0.4, -0.2) is 21.4 Å². The van der Waals surface area contributed by atoms with E-state index in [1.165, 1.54) is 23.5 Å². The van der Waals surface area contributed by atoms with Crippen molar-refractivity contribution < 1.29 is 17.9 Å². The van der Waals surface area contributed by atoms with Crippen molar-refractivity contribution in [1.82, 2.24) is 0 Å². The number of sulfonamides is 1. The molecule has 0 bridgehead atoms. The van der Waals surface area contributed by atoms with Gasteiger partial charge < -0.3 is 10.1 Å². The van der Waals surface area contributed by atoms with Crippen LogP contribution in [0.4, 0.5) is 11.4 Å². The molecule has 4 rings (SSSR count). The standard InChI is InChI=1S/C28H25ClN2O4S/c1-20-18-22(29)12-17-26(20)30-28(32)25-10-6-7-11-27(25)31(19-21-8-4-3-5-9-21)36(33,34)24-15-13-23(35-2)14-16-24/h3-18H,19H2,1-2H3,(H,30,32). The van der Waals surface area contributed by atoms with Crippen molar-refractivity contribution in [3.8, 4) is 5.75 Å². The smallest absolute Gasteiger partial charge is 0.264 e. The molecule has 6 nitrogen and oxygen atoms in total. The molecule has 0 saturated heterocycles. The molecule has 4 aromatic carbocycles. The minimum absolute atomic E-state index is 0.0411. The Morgan fingerprint density at radius 2 is 1.58 bits per heavy atom. The fourth-order valence-electron chi connectivity index (χ4n) is 3.76. The van der Waals surface area contributed by atoms with E-state index in [-0.39, 0.29) is 22.7 Å². The first-order chi connectivity index (χ1) is 17.3. The number of halogens is 1. The molecule has 1 N–H and O–H groups in total. The number of amides is 1. The molecule has 8 heteroatoms. The highest BCUT2D eigenvalue weighted by Gasteiger charge is 2.29. The van der Waals surface area contributed by atoms with Crippen LogP contribution in [0.1, 0.15) is 21.5 Å². The number of hydrogen-bond acceptors (Lipinski definition) is 4. The Balaban J connectivity index is 1.78. The van der Waals surface area contributed by atoms with Crippen molar-refractivity contribution in [2.75, 3.05) is 16.7 Å². The molecule has 0 fully saturated rings. The highest BCUT2D eigenvalue weighted by atomic mass is 35.5. The Kier molecular flexibility index (Phi) is 7.62. The molecule has 0 spiro atoms. The summed E-state index contributed by atoms with van der Waals surface area (Å²) in [6.07, 6.45) is 0. The first-order valence-corrected chi connectivity index (χ1v) is 13.0. The SMILES string of the molecule is COc1ccc(S(=O)(=O)N(Cc2ccccc2)c2ccccc2C(=O)Nc2ccc(Cl)cc2C)cc1. The molecule has 0 aliphatic heterocycles. The number of methoxy groups -OCH3 is 1. The molecule has 1 amide bonds. The Labute approximate surface area is 216 Å². The number of nitrogens with zero attached hydrogens (tertiary/aromatic N) is 1. The van der Waals surface area contributed by atoms with Crippen LogP contribution in [0, 0.1) is 6.92 Å². The minimum atomic E-state index is -4.04. The number of carbonyl (C=O) groups is 1. The molecule has 0 aromatic heterocycles. The second-order valence-corrected chi connectivity index (χ2v) is 10.4. The molecular weight excluding hydrogens is 496 g/mol. The van der Waals surface area contributed by atoms with Crippen LogP contribution in [0.15, 0.2) is 102 Å². The molecule has 4 aromatic rings. The van der Waals surface area contributed by atoms with Crippen LogP contribution in [0.3, 0.4) is 0 Å². The summed E-state index contributed by atoms with van der Waals surface area (Å²) in [4.78, 5) is 13.5. The molecule has 0 heterocycles. The second-order valence-electron chi connectivity index (χ2n) is 8.10. The fourth-order valence-corrected chi connectivity index (χ4v) is 5.46. The van der Waals surface area contributed by atoms with E-state index in [0.29, 0.717) is 16.5 Å². The van der Waals surface area contributed by atoms with Crippen molar-refractivity contribution in [3.63, 3.8) is 0 Å². The summed E-state index contributed by atoms with van der Waals surface area (Å²) in [5.74, 6) is 0.112. The Morgan fingerprint density at radius 1 is 0.917 bits per heavy atom. The van der Waals surface area contributed by atoms with Crippen LogP contribution in [0.5, 0.6) is 5.75 Å². The average Bonchev–Trinajstić information content (AvgIpc) is 2.89. The first-order valence-electron chi connectivity index (χ1n) is 11.2. The van der Waals surface area contributed by atoms with Crippen LogP contribution in [0.25, 0.3) is 0 Å². The monoisotopic (exact) mass is 520 g/mol. The van der Waals surface area contributed by atoms with Gasteiger partial charge in [-0.25, -0.2) is 8.42 Å². The van der Waals surface area contributed by atoms with Gasteiger partial charge in [-0.1, -0.05) is 54.1 Å². The first kappa shape index (κ1) is 25.3. The van der Waals surface area contributed by atoms with Crippen molar-refractivity contribution in [2.24, 2.45) is 0 Å². The number of hydrogen-bond donors (Lipinski definition) is 1. The Bertz CT molecular complexity index is 1470. The zero-order valence-electron chi connectivity index (χ0n) is 19.8. The van der Waals surface area contributed by atoms with E-state index >= 15 is 0 Å². The van der Waals surface area contributed by atoms with Gasteiger partial charge in [0.1, 0.15) is 5.75 Å². The van der Waals surface area contributed by atoms with Gasteiger partial charge in [0.25, 0.3) is 15.9 Å². The molecule has 184 valence electrons. The van der Waals surface area contributed by atoms with Gasteiger partial charge in [-0.3, -0.25) is 9.10 Å². The molecule has 0 saturated carbocycles. The molecule has 0 unspecified atom stereocenters. The van der Waals surface area contributed by atoms with Gasteiger partial charge >= 0.3 is 0 Å². The van der Waals surface area contributed by atoms with Crippen molar-refractivity contribution in [1.29, 1.82) is 0 Å². The number of ether oxygens (including phenoxy) is 1. The van der Waals surface area contributed by atoms with E-state index in [4.69, 9.17) is 16.3 Å². The van der Waals surface area contributed by atoms with Gasteiger partial charge in [0.2, 0.25) is 0 Å². The van der Waals surface area contributed by atoms with E-state index in [2.05, 4.69) is 5.32 Å². The largest absolute Gasteiger partial charge is 0.497 e. The summed E-state index contributed by atoms with van der Waals surface area (Å²) in [6, 6.07) is 27.2. The van der Waals surface area contributed by atoms with Gasteiger partial charge in [-0.15, -0.1) is 0 Å². The third-order valence-electron chi connectivity index (χ3n) is 5.67. The molecule has 36 heavy (non-hydrogen) atoms. The van der Waals surface area contributed by atoms with Crippen molar-refractivity contribution >= 4 is 38.9 Å². The van der Waals surface area contributed by atoms with E-state index in [0.717, 1.165) is 11.1 Å². The quantitative estimate of drug-likeness (QED) is 0.295. The summed E-state index contributed by atoms with van der Waals surface area (Å²) < 4.78 is 34.2. The third-order valence-corrected chi connectivity index (χ3v) is 7.68. The lowest BCUT2D eigenvalue weighted by Crippen LogP contribution is -2.32. The summed E-state index contributed by atoms with van der Waals surface area (Å²) in [6.45, 7) is 1.88. The number of carbonyl (C=O) groups excluding carboxylic acids is 1. The van der Waals surface area contributed by atoms with E-state index < -0.39 is 15.9 Å². The fraction of sp³-hybridized carbons (Fsp3) is 0.107. The summed E-state index contributed by atoms with van der Waals surface area (Å²) >= 11 is 6.05. The summed E-state index contributed by atoms with van der Waals surface area (Å²) in [7, 11) is -2.52. The number of rotatable bonds is 8. The van der Waals surface area contributed by atoms with Crippen LogP contribution >= 0.6 is 11.6 Å². The Hall–Kier alpha value is -3.81. The molecule has 0 aliphatic rings. The predicted molar refractivity (Wildman–Crippen MR) is 143 cm³/mol. The zero-order valence-corrected chi connectivity index (χ0v) is 21.4. The lowest BCUT2D eigenvalue weighted by atomic mass is 10.1. The van der Waals surface area contributed by atoms with Gasteiger partial charge in [0, 0.05) is 10.7 Å². The zero-order chi connectivity index (χ0) is 25.7. The van der Waals surface area contributed by atoms with Crippen molar-refractivity contribution in [2.45, 2.75) is 18.4 Å². The van der Waals surface area contributed by atoms with Gasteiger partial charge in [0.15, 0.2) is 0 Å². The highest BCUT2D eigenvalue weighted by molar-refractivity contribution is 7.92. The van der Waals surface area contributed by atoms with E-state index in [1.54, 1.807) is 54.6 Å². The second kappa shape index (κ2) is 10.8. The number of nitrogens with one attached hydrogen (secondary N) is 1. The maximum atomic E-state index is 13.9. The van der Waals surface area contributed by atoms with Crippen LogP contribution < -0.4 is 14.4 Å². The number of benzene rings is 4. The van der Waals surface area contributed by atoms with Gasteiger partial charge in [-0.05, 0) is 72.6 Å². The Morgan fingerprint density at radius 3 is 2.25 bits per heavy atom.